The summed E-state index contributed by atoms with van der Waals surface area (Å²) in [6.45, 7) is -1.35. The van der Waals surface area contributed by atoms with Gasteiger partial charge in [-0.1, -0.05) is 0 Å². The molecule has 2 fully saturated rings. The van der Waals surface area contributed by atoms with Gasteiger partial charge in [-0.2, -0.15) is 10.2 Å². The van der Waals surface area contributed by atoms with Crippen LogP contribution in [0.2, 0.25) is 0 Å². The third-order valence-corrected chi connectivity index (χ3v) is 6.70. The zero-order chi connectivity index (χ0) is 29.0. The molecule has 2 aliphatic rings. The molecule has 0 amide bonds. The van der Waals surface area contributed by atoms with E-state index in [0.29, 0.717) is 11.4 Å². The molecule has 2 aromatic carbocycles. The molecule has 4 rings (SSSR count). The molecule has 14 nitrogen and oxygen atoms in total. The number of aliphatic hydroxyl groups is 7. The molecule has 220 valence electrons. The fourth-order valence-corrected chi connectivity index (χ4v) is 4.31. The number of anilines is 1. The molecule has 7 N–H and O–H groups in total. The lowest BCUT2D eigenvalue weighted by molar-refractivity contribution is -0.352. The van der Waals surface area contributed by atoms with E-state index >= 15 is 0 Å². The molecular weight excluding hydrogens is 530 g/mol. The van der Waals surface area contributed by atoms with Crippen LogP contribution in [0.5, 0.6) is 5.75 Å². The van der Waals surface area contributed by atoms with E-state index in [1.54, 1.807) is 24.3 Å². The highest BCUT2D eigenvalue weighted by Gasteiger charge is 2.51. The predicted molar refractivity (Wildman–Crippen MR) is 138 cm³/mol. The normalized spacial score (nSPS) is 34.6. The van der Waals surface area contributed by atoms with Gasteiger partial charge in [0.05, 0.1) is 24.6 Å². The summed E-state index contributed by atoms with van der Waals surface area (Å²) >= 11 is 0. The topological polar surface area (TPSA) is 206 Å². The van der Waals surface area contributed by atoms with Crippen LogP contribution in [-0.2, 0) is 14.2 Å². The lowest BCUT2D eigenvalue weighted by atomic mass is 9.97. The molecule has 2 aromatic rings. The van der Waals surface area contributed by atoms with Gasteiger partial charge in [-0.15, -0.1) is 0 Å². The molecular formula is C26H35N3O11. The summed E-state index contributed by atoms with van der Waals surface area (Å²) in [6, 6.07) is 13.9. The number of aliphatic hydroxyl groups excluding tert-OH is 7. The second-order valence-electron chi connectivity index (χ2n) is 9.73. The summed E-state index contributed by atoms with van der Waals surface area (Å²) in [4.78, 5) is 1.97. The van der Waals surface area contributed by atoms with E-state index in [1.807, 2.05) is 43.3 Å². The second kappa shape index (κ2) is 13.3. The van der Waals surface area contributed by atoms with Crippen molar-refractivity contribution in [3.63, 3.8) is 0 Å². The Morgan fingerprint density at radius 1 is 0.675 bits per heavy atom. The molecule has 2 aliphatic heterocycles. The van der Waals surface area contributed by atoms with E-state index in [4.69, 9.17) is 18.9 Å². The van der Waals surface area contributed by atoms with Crippen LogP contribution in [-0.4, -0.2) is 124 Å². The Balaban J connectivity index is 1.37. The second-order valence-corrected chi connectivity index (χ2v) is 9.73. The molecule has 40 heavy (non-hydrogen) atoms. The molecule has 2 heterocycles. The van der Waals surface area contributed by atoms with Gasteiger partial charge in [0.25, 0.3) is 0 Å². The van der Waals surface area contributed by atoms with Gasteiger partial charge in [-0.05, 0) is 48.5 Å². The minimum Gasteiger partial charge on any atom is -0.462 e. The zero-order valence-electron chi connectivity index (χ0n) is 21.9. The Labute approximate surface area is 230 Å². The molecule has 2 saturated heterocycles. The minimum absolute atomic E-state index is 0.274. The molecule has 0 aromatic heterocycles. The van der Waals surface area contributed by atoms with E-state index in [9.17, 15) is 35.7 Å². The highest BCUT2D eigenvalue weighted by atomic mass is 16.7. The van der Waals surface area contributed by atoms with E-state index in [1.165, 1.54) is 0 Å². The maximum absolute atomic E-state index is 10.7. The van der Waals surface area contributed by atoms with Crippen LogP contribution in [0.15, 0.2) is 58.8 Å². The Kier molecular flexibility index (Phi) is 10.0. The van der Waals surface area contributed by atoms with Crippen molar-refractivity contribution in [2.75, 3.05) is 32.2 Å². The predicted octanol–water partition coefficient (Wildman–Crippen LogP) is -0.829. The van der Waals surface area contributed by atoms with Crippen LogP contribution < -0.4 is 9.64 Å². The molecule has 0 bridgehead atoms. The van der Waals surface area contributed by atoms with Crippen molar-refractivity contribution in [2.45, 2.75) is 61.4 Å². The summed E-state index contributed by atoms with van der Waals surface area (Å²) in [5.74, 6) is 0.274. The lowest BCUT2D eigenvalue weighted by Gasteiger charge is -2.45. The summed E-state index contributed by atoms with van der Waals surface area (Å²) < 4.78 is 22.2. The third-order valence-electron chi connectivity index (χ3n) is 6.70. The van der Waals surface area contributed by atoms with Crippen LogP contribution in [0, 0.1) is 0 Å². The van der Waals surface area contributed by atoms with Gasteiger partial charge in [-0.3, -0.25) is 0 Å². The Morgan fingerprint density at radius 3 is 1.75 bits per heavy atom. The van der Waals surface area contributed by atoms with E-state index in [0.717, 1.165) is 5.69 Å². The SMILES string of the molecule is CN(C)c1ccc(N=Nc2ccc(O[C@@H]3O[C@H](CO)[C@@H](O[C@@H]4O[C@H](CO)[C@H](O)[C@H](O)[C@H]4O)[C@H](O)[C@H]3O)cc2)cc1. The Morgan fingerprint density at radius 2 is 1.20 bits per heavy atom. The lowest BCUT2D eigenvalue weighted by Crippen LogP contribution is -2.65. The zero-order valence-corrected chi connectivity index (χ0v) is 21.9. The number of hydrogen-bond donors (Lipinski definition) is 7. The summed E-state index contributed by atoms with van der Waals surface area (Å²) in [6.07, 6.45) is -15.3. The number of rotatable bonds is 9. The first kappa shape index (κ1) is 30.2. The molecule has 0 aliphatic carbocycles. The smallest absolute Gasteiger partial charge is 0.229 e. The number of ether oxygens (including phenoxy) is 4. The van der Waals surface area contributed by atoms with Gasteiger partial charge in [0, 0.05) is 19.8 Å². The monoisotopic (exact) mass is 565 g/mol. The molecule has 14 heteroatoms. The maximum atomic E-state index is 10.7. The first-order chi connectivity index (χ1) is 19.1. The highest BCUT2D eigenvalue weighted by Crippen LogP contribution is 2.31. The molecule has 0 saturated carbocycles. The summed E-state index contributed by atoms with van der Waals surface area (Å²) in [5, 5.41) is 79.2. The van der Waals surface area contributed by atoms with Crippen LogP contribution >= 0.6 is 0 Å². The molecule has 0 radical (unpaired) electrons. The quantitative estimate of drug-likeness (QED) is 0.186. The van der Waals surface area contributed by atoms with Crippen molar-refractivity contribution in [1.29, 1.82) is 0 Å². The number of nitrogens with zero attached hydrogens (tertiary/aromatic N) is 3. The maximum Gasteiger partial charge on any atom is 0.229 e. The van der Waals surface area contributed by atoms with Gasteiger partial charge in [-0.25, -0.2) is 0 Å². The average Bonchev–Trinajstić information content (AvgIpc) is 2.96. The number of azo groups is 1. The standard InChI is InChI=1S/C26H35N3O11/c1-29(2)15-7-3-13(4-8-15)27-28-14-5-9-16(10-6-14)37-25-23(36)21(34)24(18(12-31)39-25)40-26-22(35)20(33)19(32)17(11-30)38-26/h3-10,17-26,30-36H,11-12H2,1-2H3/t17-,18-,19+,20+,21-,22-,23-,24-,25-,26+/m1/s1. The van der Waals surface area contributed by atoms with Crippen LogP contribution in [0.3, 0.4) is 0 Å². The van der Waals surface area contributed by atoms with Crippen molar-refractivity contribution >= 4 is 17.1 Å². The fourth-order valence-electron chi connectivity index (χ4n) is 4.31. The van der Waals surface area contributed by atoms with Crippen molar-refractivity contribution in [1.82, 2.24) is 0 Å². The van der Waals surface area contributed by atoms with E-state index < -0.39 is 74.6 Å². The molecule has 0 unspecified atom stereocenters. The summed E-state index contributed by atoms with van der Waals surface area (Å²) in [5.41, 5.74) is 2.25. The summed E-state index contributed by atoms with van der Waals surface area (Å²) in [7, 11) is 3.89. The van der Waals surface area contributed by atoms with Crippen molar-refractivity contribution in [3.05, 3.63) is 48.5 Å². The van der Waals surface area contributed by atoms with Gasteiger partial charge in [0.15, 0.2) is 6.29 Å². The number of benzene rings is 2. The first-order valence-electron chi connectivity index (χ1n) is 12.7. The first-order valence-corrected chi connectivity index (χ1v) is 12.7. The molecule has 0 spiro atoms. The van der Waals surface area contributed by atoms with E-state index in [-0.39, 0.29) is 5.75 Å². The van der Waals surface area contributed by atoms with Crippen molar-refractivity contribution in [3.8, 4) is 5.75 Å². The highest BCUT2D eigenvalue weighted by molar-refractivity contribution is 5.52. The third kappa shape index (κ3) is 6.75. The van der Waals surface area contributed by atoms with Gasteiger partial charge < -0.3 is 59.6 Å². The fraction of sp³-hybridized carbons (Fsp3) is 0.538. The van der Waals surface area contributed by atoms with Crippen molar-refractivity contribution in [2.24, 2.45) is 10.2 Å². The average molecular weight is 566 g/mol. The Hall–Kier alpha value is -2.76. The largest absolute Gasteiger partial charge is 0.462 e. The van der Waals surface area contributed by atoms with E-state index in [2.05, 4.69) is 10.2 Å². The number of hydrogen-bond acceptors (Lipinski definition) is 14. The van der Waals surface area contributed by atoms with Gasteiger partial charge >= 0.3 is 0 Å². The van der Waals surface area contributed by atoms with Crippen molar-refractivity contribution < 1.29 is 54.7 Å². The molecule has 10 atom stereocenters. The van der Waals surface area contributed by atoms with Gasteiger partial charge in [0.1, 0.15) is 54.6 Å². The van der Waals surface area contributed by atoms with Gasteiger partial charge in [0.2, 0.25) is 6.29 Å². The van der Waals surface area contributed by atoms with Crippen LogP contribution in [0.1, 0.15) is 0 Å². The van der Waals surface area contributed by atoms with Crippen LogP contribution in [0.25, 0.3) is 0 Å². The Bertz CT molecular complexity index is 1100. The van der Waals surface area contributed by atoms with Crippen LogP contribution in [0.4, 0.5) is 17.1 Å². The minimum atomic E-state index is -1.75.